The van der Waals surface area contributed by atoms with Gasteiger partial charge in [-0.2, -0.15) is 10.2 Å². The zero-order chi connectivity index (χ0) is 17.6. The first-order valence-corrected chi connectivity index (χ1v) is 8.31. The van der Waals surface area contributed by atoms with Gasteiger partial charge in [0.05, 0.1) is 11.6 Å². The topological polar surface area (TPSA) is 68.8 Å². The molecule has 1 fully saturated rings. The average Bonchev–Trinajstić information content (AvgIpc) is 3.09. The maximum atomic E-state index is 12.9. The van der Waals surface area contributed by atoms with Crippen molar-refractivity contribution in [3.8, 4) is 11.3 Å². The molecule has 0 unspecified atom stereocenters. The minimum atomic E-state index is 0.0118. The molecule has 1 amide bonds. The highest BCUT2D eigenvalue weighted by Gasteiger charge is 2.35. The molecule has 7 nitrogen and oxygen atoms in total. The van der Waals surface area contributed by atoms with Crippen LogP contribution in [0.2, 0.25) is 0 Å². The summed E-state index contributed by atoms with van der Waals surface area (Å²) in [5, 5.41) is 8.90. The molecule has 0 aliphatic carbocycles. The van der Waals surface area contributed by atoms with Crippen molar-refractivity contribution in [3.63, 3.8) is 0 Å². The molecule has 128 valence electrons. The monoisotopic (exact) mass is 336 g/mol. The van der Waals surface area contributed by atoms with Gasteiger partial charge < -0.3 is 4.90 Å². The first-order chi connectivity index (χ1) is 12.0. The lowest BCUT2D eigenvalue weighted by Crippen LogP contribution is -2.51. The van der Waals surface area contributed by atoms with Gasteiger partial charge in [-0.3, -0.25) is 9.48 Å². The second-order valence-electron chi connectivity index (χ2n) is 6.45. The second kappa shape index (κ2) is 5.84. The number of rotatable bonds is 3. The molecule has 1 aromatic carbocycles. The van der Waals surface area contributed by atoms with E-state index in [9.17, 15) is 4.79 Å². The summed E-state index contributed by atoms with van der Waals surface area (Å²) in [6.45, 7) is 5.11. The van der Waals surface area contributed by atoms with Gasteiger partial charge in [-0.25, -0.2) is 9.67 Å². The van der Waals surface area contributed by atoms with Gasteiger partial charge in [-0.05, 0) is 13.8 Å². The Morgan fingerprint density at radius 1 is 1.12 bits per heavy atom. The van der Waals surface area contributed by atoms with Gasteiger partial charge in [0, 0.05) is 31.9 Å². The van der Waals surface area contributed by atoms with E-state index < -0.39 is 0 Å². The number of nitrogens with zero attached hydrogens (tertiary/aromatic N) is 6. The van der Waals surface area contributed by atoms with Crippen LogP contribution in [-0.4, -0.2) is 48.4 Å². The molecule has 0 bridgehead atoms. The second-order valence-corrected chi connectivity index (χ2v) is 6.45. The van der Waals surface area contributed by atoms with Gasteiger partial charge in [0.2, 0.25) is 0 Å². The molecule has 7 heteroatoms. The van der Waals surface area contributed by atoms with Crippen LogP contribution in [0.4, 0.5) is 0 Å². The van der Waals surface area contributed by atoms with E-state index in [1.54, 1.807) is 10.9 Å². The lowest BCUT2D eigenvalue weighted by atomic mass is 10.0. The molecule has 0 saturated carbocycles. The highest BCUT2D eigenvalue weighted by Crippen LogP contribution is 2.28. The molecule has 3 heterocycles. The third-order valence-electron chi connectivity index (χ3n) is 4.51. The molecule has 0 N–H and O–H groups in total. The maximum Gasteiger partial charge on any atom is 0.257 e. The van der Waals surface area contributed by atoms with Crippen LogP contribution >= 0.6 is 0 Å². The molecule has 1 aliphatic heterocycles. The fourth-order valence-electron chi connectivity index (χ4n) is 3.28. The van der Waals surface area contributed by atoms with Gasteiger partial charge in [0.25, 0.3) is 5.91 Å². The number of aromatic nitrogens is 5. The normalized spacial score (nSPS) is 14.6. The van der Waals surface area contributed by atoms with E-state index in [4.69, 9.17) is 0 Å². The van der Waals surface area contributed by atoms with E-state index in [1.807, 2.05) is 60.8 Å². The maximum absolute atomic E-state index is 12.9. The Hall–Kier alpha value is -2.96. The van der Waals surface area contributed by atoms with Crippen molar-refractivity contribution < 1.29 is 4.79 Å². The van der Waals surface area contributed by atoms with Crippen LogP contribution in [0.3, 0.4) is 0 Å². The first kappa shape index (κ1) is 15.6. The molecule has 4 rings (SSSR count). The van der Waals surface area contributed by atoms with Crippen LogP contribution in [0.15, 0.2) is 36.5 Å². The molecule has 1 saturated heterocycles. The summed E-state index contributed by atoms with van der Waals surface area (Å²) in [6.07, 6.45) is 1.79. The predicted molar refractivity (Wildman–Crippen MR) is 93.1 cm³/mol. The van der Waals surface area contributed by atoms with Gasteiger partial charge in [-0.1, -0.05) is 30.3 Å². The quantitative estimate of drug-likeness (QED) is 0.733. The number of amides is 1. The molecular formula is C18H20N6O. The zero-order valence-electron chi connectivity index (χ0n) is 14.5. The lowest BCUT2D eigenvalue weighted by molar-refractivity contribution is 0.0497. The zero-order valence-corrected chi connectivity index (χ0v) is 14.5. The lowest BCUT2D eigenvalue weighted by Gasteiger charge is -2.39. The number of likely N-dealkylation sites (tertiary alicyclic amines) is 1. The summed E-state index contributed by atoms with van der Waals surface area (Å²) in [4.78, 5) is 19.1. The van der Waals surface area contributed by atoms with E-state index in [-0.39, 0.29) is 11.9 Å². The largest absolute Gasteiger partial charge is 0.334 e. The van der Waals surface area contributed by atoms with Crippen LogP contribution in [0.1, 0.15) is 28.0 Å². The van der Waals surface area contributed by atoms with Crippen molar-refractivity contribution >= 4 is 5.91 Å². The van der Waals surface area contributed by atoms with Crippen molar-refractivity contribution in [3.05, 3.63) is 53.7 Å². The van der Waals surface area contributed by atoms with Gasteiger partial charge in [-0.15, -0.1) is 0 Å². The Balaban J connectivity index is 1.55. The predicted octanol–water partition coefficient (Wildman–Crippen LogP) is 1.99. The molecule has 2 aromatic heterocycles. The Labute approximate surface area is 145 Å². The molecule has 3 aromatic rings. The third kappa shape index (κ3) is 2.71. The molecule has 0 spiro atoms. The molecule has 1 aliphatic rings. The minimum Gasteiger partial charge on any atom is -0.334 e. The summed E-state index contributed by atoms with van der Waals surface area (Å²) in [6, 6.07) is 10.00. The van der Waals surface area contributed by atoms with Gasteiger partial charge in [0.15, 0.2) is 0 Å². The number of carbonyl (C=O) groups excluding carboxylic acids is 1. The molecule has 0 atom stereocenters. The van der Waals surface area contributed by atoms with E-state index in [2.05, 4.69) is 15.2 Å². The van der Waals surface area contributed by atoms with Crippen LogP contribution in [-0.2, 0) is 7.05 Å². The van der Waals surface area contributed by atoms with Crippen LogP contribution in [0, 0.1) is 13.8 Å². The van der Waals surface area contributed by atoms with Gasteiger partial charge >= 0.3 is 0 Å². The Kier molecular flexibility index (Phi) is 3.63. The van der Waals surface area contributed by atoms with Gasteiger partial charge in [0.1, 0.15) is 17.3 Å². The highest BCUT2D eigenvalue weighted by atomic mass is 16.2. The summed E-state index contributed by atoms with van der Waals surface area (Å²) < 4.78 is 3.61. The smallest absolute Gasteiger partial charge is 0.257 e. The van der Waals surface area contributed by atoms with Crippen molar-refractivity contribution in [2.24, 2.45) is 7.05 Å². The summed E-state index contributed by atoms with van der Waals surface area (Å²) in [5.74, 6) is 1.67. The Bertz CT molecular complexity index is 920. The Morgan fingerprint density at radius 3 is 2.48 bits per heavy atom. The fourth-order valence-corrected chi connectivity index (χ4v) is 3.28. The number of hydrogen-bond donors (Lipinski definition) is 0. The van der Waals surface area contributed by atoms with Crippen LogP contribution < -0.4 is 0 Å². The number of hydrogen-bond acceptors (Lipinski definition) is 4. The Morgan fingerprint density at radius 2 is 1.84 bits per heavy atom. The SMILES string of the molecule is Cc1nc(C)n(C2CN(C(=O)c3cn(C)nc3-c3ccccc3)C2)n1. The van der Waals surface area contributed by atoms with E-state index >= 15 is 0 Å². The molecule has 25 heavy (non-hydrogen) atoms. The summed E-state index contributed by atoms with van der Waals surface area (Å²) in [7, 11) is 1.84. The van der Waals surface area contributed by atoms with Crippen molar-refractivity contribution in [2.45, 2.75) is 19.9 Å². The van der Waals surface area contributed by atoms with Crippen LogP contribution in [0.5, 0.6) is 0 Å². The number of carbonyl (C=O) groups is 1. The average molecular weight is 336 g/mol. The third-order valence-corrected chi connectivity index (χ3v) is 4.51. The molecular weight excluding hydrogens is 316 g/mol. The number of benzene rings is 1. The van der Waals surface area contributed by atoms with Crippen molar-refractivity contribution in [1.82, 2.24) is 29.4 Å². The fraction of sp³-hybridized carbons (Fsp3) is 0.333. The summed E-state index contributed by atoms with van der Waals surface area (Å²) in [5.41, 5.74) is 2.31. The van der Waals surface area contributed by atoms with E-state index in [0.717, 1.165) is 22.9 Å². The first-order valence-electron chi connectivity index (χ1n) is 8.31. The standard InChI is InChI=1S/C18H20N6O/c1-12-19-13(2)24(20-12)15-9-23(10-15)18(25)16-11-22(3)21-17(16)14-7-5-4-6-8-14/h4-8,11,15H,9-10H2,1-3H3. The van der Waals surface area contributed by atoms with Crippen LogP contribution in [0.25, 0.3) is 11.3 Å². The minimum absolute atomic E-state index is 0.0118. The number of aryl methyl sites for hydroxylation is 3. The highest BCUT2D eigenvalue weighted by molar-refractivity contribution is 6.00. The van der Waals surface area contributed by atoms with Crippen molar-refractivity contribution in [1.29, 1.82) is 0 Å². The van der Waals surface area contributed by atoms with E-state index in [1.165, 1.54) is 0 Å². The summed E-state index contributed by atoms with van der Waals surface area (Å²) >= 11 is 0. The van der Waals surface area contributed by atoms with E-state index in [0.29, 0.717) is 18.7 Å². The molecule has 0 radical (unpaired) electrons. The van der Waals surface area contributed by atoms with Crippen molar-refractivity contribution in [2.75, 3.05) is 13.1 Å².